The SMILES string of the molecule is CC(C)(C)OC(=O)CNC(=O)NC(C(=O)N1CCC[C@H]1C(=O)NC(CC1CCC1)C(=O)C(N)=O)C1Cc2ccccc2C1.CC(C)C. The maximum Gasteiger partial charge on any atom is 0.325 e. The lowest BCUT2D eigenvalue weighted by atomic mass is 9.80. The molecule has 1 aromatic carbocycles. The zero-order chi connectivity index (χ0) is 34.9. The molecule has 0 spiro atoms. The Bertz CT molecular complexity index is 1280. The highest BCUT2D eigenvalue weighted by atomic mass is 16.6. The van der Waals surface area contributed by atoms with Crippen LogP contribution in [0.2, 0.25) is 0 Å². The number of rotatable bonds is 11. The predicted octanol–water partition coefficient (Wildman–Crippen LogP) is 2.79. The van der Waals surface area contributed by atoms with Gasteiger partial charge in [0.05, 0.1) is 6.04 Å². The Morgan fingerprint density at radius 3 is 2.04 bits per heavy atom. The van der Waals surface area contributed by atoms with Crippen LogP contribution >= 0.6 is 0 Å². The van der Waals surface area contributed by atoms with Gasteiger partial charge in [-0.15, -0.1) is 0 Å². The summed E-state index contributed by atoms with van der Waals surface area (Å²) in [5, 5.41) is 7.95. The van der Waals surface area contributed by atoms with Gasteiger partial charge in [0.1, 0.15) is 24.2 Å². The van der Waals surface area contributed by atoms with Crippen molar-refractivity contribution >= 4 is 35.5 Å². The number of carbonyl (C=O) groups excluding carboxylic acids is 6. The molecule has 2 unspecified atom stereocenters. The second kappa shape index (κ2) is 16.7. The van der Waals surface area contributed by atoms with Crippen molar-refractivity contribution in [2.24, 2.45) is 23.5 Å². The monoisotopic (exact) mass is 655 g/mol. The highest BCUT2D eigenvalue weighted by molar-refractivity contribution is 6.37. The zero-order valence-corrected chi connectivity index (χ0v) is 28.7. The molecule has 3 atom stereocenters. The van der Waals surface area contributed by atoms with Crippen molar-refractivity contribution in [3.05, 3.63) is 35.4 Å². The largest absolute Gasteiger partial charge is 0.459 e. The van der Waals surface area contributed by atoms with E-state index < -0.39 is 59.2 Å². The number of benzene rings is 1. The number of nitrogens with zero attached hydrogens (tertiary/aromatic N) is 1. The van der Waals surface area contributed by atoms with E-state index in [4.69, 9.17) is 10.5 Å². The van der Waals surface area contributed by atoms with Gasteiger partial charge >= 0.3 is 12.0 Å². The summed E-state index contributed by atoms with van der Waals surface area (Å²) in [4.78, 5) is 78.3. The van der Waals surface area contributed by atoms with Crippen LogP contribution < -0.4 is 21.7 Å². The van der Waals surface area contributed by atoms with Crippen molar-refractivity contribution in [3.8, 4) is 0 Å². The number of ether oxygens (including phenoxy) is 1. The number of urea groups is 1. The Hall–Kier alpha value is -3.96. The molecular weight excluding hydrogens is 602 g/mol. The fourth-order valence-corrected chi connectivity index (χ4v) is 6.15. The first-order valence-corrected chi connectivity index (χ1v) is 16.8. The molecule has 1 saturated heterocycles. The number of nitrogens with two attached hydrogens (primary N) is 1. The molecular formula is C35H53N5O7. The number of esters is 1. The third-order valence-electron chi connectivity index (χ3n) is 8.43. The number of hydrogen-bond donors (Lipinski definition) is 4. The Balaban J connectivity index is 0.00000142. The second-order valence-corrected chi connectivity index (χ2v) is 14.6. The molecule has 1 heterocycles. The number of nitrogens with one attached hydrogen (secondary N) is 3. The quantitative estimate of drug-likeness (QED) is 0.209. The number of primary amides is 1. The Morgan fingerprint density at radius 1 is 0.936 bits per heavy atom. The molecule has 5 N–H and O–H groups in total. The molecule has 2 aliphatic carbocycles. The lowest BCUT2D eigenvalue weighted by Gasteiger charge is -2.33. The maximum atomic E-state index is 14.1. The number of fused-ring (bicyclic) bond motifs is 1. The molecule has 1 aromatic rings. The molecule has 47 heavy (non-hydrogen) atoms. The van der Waals surface area contributed by atoms with E-state index in [-0.39, 0.29) is 18.4 Å². The first kappa shape index (κ1) is 37.5. The Kier molecular flexibility index (Phi) is 13.4. The third kappa shape index (κ3) is 11.4. The van der Waals surface area contributed by atoms with E-state index >= 15 is 0 Å². The van der Waals surface area contributed by atoms with Gasteiger partial charge in [0.2, 0.25) is 17.6 Å². The summed E-state index contributed by atoms with van der Waals surface area (Å²) in [6, 6.07) is 4.25. The van der Waals surface area contributed by atoms with Crippen LogP contribution in [0.25, 0.3) is 0 Å². The van der Waals surface area contributed by atoms with Crippen molar-refractivity contribution in [1.29, 1.82) is 0 Å². The molecule has 12 nitrogen and oxygen atoms in total. The normalized spacial score (nSPS) is 19.0. The van der Waals surface area contributed by atoms with E-state index in [1.165, 1.54) is 4.90 Å². The van der Waals surface area contributed by atoms with Crippen molar-refractivity contribution in [2.45, 2.75) is 117 Å². The highest BCUT2D eigenvalue weighted by Crippen LogP contribution is 2.32. The van der Waals surface area contributed by atoms with Crippen LogP contribution in [0, 0.1) is 17.8 Å². The van der Waals surface area contributed by atoms with Crippen molar-refractivity contribution in [2.75, 3.05) is 13.1 Å². The summed E-state index contributed by atoms with van der Waals surface area (Å²) >= 11 is 0. The van der Waals surface area contributed by atoms with Gasteiger partial charge in [0.25, 0.3) is 5.91 Å². The van der Waals surface area contributed by atoms with Gasteiger partial charge in [-0.25, -0.2) is 4.79 Å². The van der Waals surface area contributed by atoms with Crippen molar-refractivity contribution in [3.63, 3.8) is 0 Å². The number of hydrogen-bond acceptors (Lipinski definition) is 7. The van der Waals surface area contributed by atoms with E-state index in [9.17, 15) is 28.8 Å². The van der Waals surface area contributed by atoms with Gasteiger partial charge in [0.15, 0.2) is 0 Å². The van der Waals surface area contributed by atoms with E-state index in [2.05, 4.69) is 36.7 Å². The highest BCUT2D eigenvalue weighted by Gasteiger charge is 2.43. The van der Waals surface area contributed by atoms with Crippen LogP contribution in [0.5, 0.6) is 0 Å². The van der Waals surface area contributed by atoms with Gasteiger partial charge in [-0.1, -0.05) is 64.3 Å². The summed E-state index contributed by atoms with van der Waals surface area (Å²) in [5.74, 6) is -2.72. The van der Waals surface area contributed by atoms with E-state index in [1.54, 1.807) is 20.8 Å². The minimum atomic E-state index is -1.11. The molecule has 4 rings (SSSR count). The molecule has 0 radical (unpaired) electrons. The average Bonchev–Trinajstić information content (AvgIpc) is 3.61. The van der Waals surface area contributed by atoms with Crippen LogP contribution in [0.15, 0.2) is 24.3 Å². The number of ketones is 1. The van der Waals surface area contributed by atoms with Crippen LogP contribution in [-0.4, -0.2) is 77.2 Å². The van der Waals surface area contributed by atoms with Gasteiger partial charge in [-0.3, -0.25) is 24.0 Å². The molecule has 0 aromatic heterocycles. The average molecular weight is 656 g/mol. The molecule has 1 aliphatic heterocycles. The van der Waals surface area contributed by atoms with Gasteiger partial charge < -0.3 is 31.3 Å². The fourth-order valence-electron chi connectivity index (χ4n) is 6.15. The number of likely N-dealkylation sites (tertiary alicyclic amines) is 1. The van der Waals surface area contributed by atoms with E-state index in [0.29, 0.717) is 38.6 Å². The number of Topliss-reactive ketones (excluding diaryl/α,β-unsaturated/α-hetero) is 1. The lowest BCUT2D eigenvalue weighted by molar-refractivity contribution is -0.153. The van der Waals surface area contributed by atoms with Crippen molar-refractivity contribution in [1.82, 2.24) is 20.9 Å². The molecule has 0 bridgehead atoms. The summed E-state index contributed by atoms with van der Waals surface area (Å²) in [7, 11) is 0. The lowest BCUT2D eigenvalue weighted by Crippen LogP contribution is -2.59. The fraction of sp³-hybridized carbons (Fsp3) is 0.657. The van der Waals surface area contributed by atoms with Crippen LogP contribution in [0.1, 0.15) is 91.2 Å². The van der Waals surface area contributed by atoms with E-state index in [1.807, 2.05) is 24.3 Å². The summed E-state index contributed by atoms with van der Waals surface area (Å²) < 4.78 is 5.25. The second-order valence-electron chi connectivity index (χ2n) is 14.6. The number of amides is 5. The Labute approximate surface area is 278 Å². The zero-order valence-electron chi connectivity index (χ0n) is 28.7. The summed E-state index contributed by atoms with van der Waals surface area (Å²) in [6.07, 6.45) is 5.24. The first-order valence-electron chi connectivity index (χ1n) is 16.8. The predicted molar refractivity (Wildman–Crippen MR) is 177 cm³/mol. The first-order chi connectivity index (χ1) is 22.1. The van der Waals surface area contributed by atoms with Gasteiger partial charge in [-0.2, -0.15) is 0 Å². The topological polar surface area (TPSA) is 177 Å². The molecule has 260 valence electrons. The number of carbonyl (C=O) groups is 6. The molecule has 3 aliphatic rings. The van der Waals surface area contributed by atoms with Gasteiger partial charge in [-0.05, 0) is 81.8 Å². The van der Waals surface area contributed by atoms with Crippen LogP contribution in [0.4, 0.5) is 4.79 Å². The molecule has 12 heteroatoms. The Morgan fingerprint density at radius 2 is 1.53 bits per heavy atom. The van der Waals surface area contributed by atoms with E-state index in [0.717, 1.165) is 36.3 Å². The molecule has 2 fully saturated rings. The maximum absolute atomic E-state index is 14.1. The van der Waals surface area contributed by atoms with Crippen molar-refractivity contribution < 1.29 is 33.5 Å². The van der Waals surface area contributed by atoms with Crippen LogP contribution in [-0.2, 0) is 41.6 Å². The summed E-state index contributed by atoms with van der Waals surface area (Å²) in [6.45, 7) is 11.6. The minimum absolute atomic E-state index is 0.228. The minimum Gasteiger partial charge on any atom is -0.459 e. The summed E-state index contributed by atoms with van der Waals surface area (Å²) in [5.41, 5.74) is 6.72. The molecule has 5 amide bonds. The smallest absolute Gasteiger partial charge is 0.325 e. The third-order valence-corrected chi connectivity index (χ3v) is 8.43. The van der Waals surface area contributed by atoms with Gasteiger partial charge in [0, 0.05) is 6.54 Å². The molecule has 1 saturated carbocycles. The standard InChI is InChI=1S/C31H43N5O7.C4H10/c1-31(2,3)43-24(37)17-33-30(42)35-25(21-15-19-10-4-5-11-20(19)16-21)29(41)36-13-7-12-23(36)28(40)34-22(26(38)27(32)39)14-18-8-6-9-18;1-4(2)3/h4-5,10-11,18,21-23,25H,6-9,12-17H2,1-3H3,(H2,32,39)(H,34,40)(H2,33,35,42);4H,1-3H3/t22?,23-,25?;/m0./s1. The van der Waals surface area contributed by atoms with Crippen LogP contribution in [0.3, 0.4) is 0 Å².